The first kappa shape index (κ1) is 16.1. The molecule has 2 aromatic rings. The predicted molar refractivity (Wildman–Crippen MR) is 92.9 cm³/mol. The Morgan fingerprint density at radius 3 is 2.67 bits per heavy atom. The summed E-state index contributed by atoms with van der Waals surface area (Å²) in [6.07, 6.45) is 0.994. The molecule has 0 bridgehead atoms. The van der Waals surface area contributed by atoms with Gasteiger partial charge in [-0.25, -0.2) is 0 Å². The smallest absolute Gasteiger partial charge is 0.170 e. The Bertz CT molecular complexity index is 685. The summed E-state index contributed by atoms with van der Waals surface area (Å²) in [5.74, 6) is 1.93. The Balaban J connectivity index is 1.40. The average Bonchev–Trinajstić information content (AvgIpc) is 3.01. The molecule has 0 amide bonds. The third kappa shape index (κ3) is 3.78. The van der Waals surface area contributed by atoms with E-state index in [9.17, 15) is 0 Å². The van der Waals surface area contributed by atoms with Gasteiger partial charge in [0.05, 0.1) is 6.61 Å². The third-order valence-electron chi connectivity index (χ3n) is 4.19. The molecule has 1 aliphatic rings. The number of anilines is 2. The largest absolute Gasteiger partial charge is 0.494 e. The van der Waals surface area contributed by atoms with Crippen molar-refractivity contribution in [1.29, 1.82) is 5.26 Å². The Hall–Kier alpha value is -2.72. The number of nitrogens with two attached hydrogens (primary N) is 1. The number of para-hydroxylation sites is 1. The van der Waals surface area contributed by atoms with E-state index in [1.165, 1.54) is 0 Å². The second-order valence-corrected chi connectivity index (χ2v) is 5.79. The summed E-state index contributed by atoms with van der Waals surface area (Å²) in [5.41, 5.74) is 6.17. The molecule has 126 valence electrons. The minimum Gasteiger partial charge on any atom is -0.494 e. The van der Waals surface area contributed by atoms with E-state index in [2.05, 4.69) is 26.1 Å². The first-order valence-corrected chi connectivity index (χ1v) is 8.17. The zero-order chi connectivity index (χ0) is 16.8. The summed E-state index contributed by atoms with van der Waals surface area (Å²) in [6.45, 7) is 5.32. The molecule has 0 unspecified atom stereocenters. The number of nitrogens with one attached hydrogen (secondary N) is 1. The van der Waals surface area contributed by atoms with Gasteiger partial charge in [-0.05, 0) is 18.6 Å². The lowest BCUT2D eigenvalue weighted by atomic mass is 10.2. The van der Waals surface area contributed by atoms with E-state index in [1.807, 2.05) is 30.3 Å². The van der Waals surface area contributed by atoms with Crippen LogP contribution >= 0.6 is 0 Å². The topological polar surface area (TPSA) is 94.2 Å². The van der Waals surface area contributed by atoms with E-state index in [1.54, 1.807) is 0 Å². The van der Waals surface area contributed by atoms with Crippen LogP contribution < -0.4 is 15.4 Å². The molecule has 0 aliphatic carbocycles. The number of piperazine rings is 1. The van der Waals surface area contributed by atoms with Crippen LogP contribution in [0.4, 0.5) is 11.6 Å². The first-order chi connectivity index (χ1) is 11.8. The fourth-order valence-electron chi connectivity index (χ4n) is 2.86. The van der Waals surface area contributed by atoms with Gasteiger partial charge in [-0.3, -0.25) is 10.00 Å². The van der Waals surface area contributed by atoms with E-state index < -0.39 is 0 Å². The molecular formula is C17H22N6O. The number of nitrogens with zero attached hydrogens (tertiary/aromatic N) is 4. The van der Waals surface area contributed by atoms with Gasteiger partial charge in [0.25, 0.3) is 0 Å². The molecule has 1 fully saturated rings. The van der Waals surface area contributed by atoms with E-state index in [4.69, 9.17) is 15.7 Å². The van der Waals surface area contributed by atoms with E-state index in [-0.39, 0.29) is 0 Å². The van der Waals surface area contributed by atoms with Gasteiger partial charge in [-0.2, -0.15) is 10.4 Å². The zero-order valence-corrected chi connectivity index (χ0v) is 13.6. The monoisotopic (exact) mass is 326 g/mol. The highest BCUT2D eigenvalue weighted by molar-refractivity contribution is 5.64. The SMILES string of the molecule is N#Cc1c(N2CCN(CCCOc3ccccc3)CC2)n[nH]c1N. The number of aromatic amines is 1. The number of hydrogen-bond donors (Lipinski definition) is 2. The number of nitrogen functional groups attached to an aromatic ring is 1. The van der Waals surface area contributed by atoms with Crippen LogP contribution in [0.3, 0.4) is 0 Å². The van der Waals surface area contributed by atoms with Crippen LogP contribution in [0.25, 0.3) is 0 Å². The maximum atomic E-state index is 9.17. The lowest BCUT2D eigenvalue weighted by Gasteiger charge is -2.34. The Morgan fingerprint density at radius 1 is 1.21 bits per heavy atom. The molecule has 24 heavy (non-hydrogen) atoms. The summed E-state index contributed by atoms with van der Waals surface area (Å²) in [6, 6.07) is 12.0. The second kappa shape index (κ2) is 7.70. The first-order valence-electron chi connectivity index (χ1n) is 8.17. The maximum Gasteiger partial charge on any atom is 0.170 e. The van der Waals surface area contributed by atoms with Gasteiger partial charge < -0.3 is 15.4 Å². The molecular weight excluding hydrogens is 304 g/mol. The summed E-state index contributed by atoms with van der Waals surface area (Å²) < 4.78 is 5.72. The van der Waals surface area contributed by atoms with Crippen molar-refractivity contribution in [1.82, 2.24) is 15.1 Å². The predicted octanol–water partition coefficient (Wildman–Crippen LogP) is 1.45. The molecule has 1 aliphatic heterocycles. The number of rotatable bonds is 6. The molecule has 1 aromatic carbocycles. The molecule has 3 rings (SSSR count). The molecule has 0 saturated carbocycles. The molecule has 7 nitrogen and oxygen atoms in total. The highest BCUT2D eigenvalue weighted by atomic mass is 16.5. The molecule has 3 N–H and O–H groups in total. The lowest BCUT2D eigenvalue weighted by Crippen LogP contribution is -2.47. The zero-order valence-electron chi connectivity index (χ0n) is 13.6. The van der Waals surface area contributed by atoms with Gasteiger partial charge in [0.2, 0.25) is 0 Å². The normalized spacial score (nSPS) is 15.2. The van der Waals surface area contributed by atoms with Crippen LogP contribution in [0.2, 0.25) is 0 Å². The van der Waals surface area contributed by atoms with Crippen molar-refractivity contribution < 1.29 is 4.74 Å². The van der Waals surface area contributed by atoms with Crippen molar-refractivity contribution in [2.45, 2.75) is 6.42 Å². The quantitative estimate of drug-likeness (QED) is 0.780. The second-order valence-electron chi connectivity index (χ2n) is 5.79. The van der Waals surface area contributed by atoms with Crippen molar-refractivity contribution in [3.63, 3.8) is 0 Å². The Morgan fingerprint density at radius 2 is 1.96 bits per heavy atom. The van der Waals surface area contributed by atoms with Crippen LogP contribution in [-0.4, -0.2) is 54.4 Å². The average molecular weight is 326 g/mol. The molecule has 0 spiro atoms. The van der Waals surface area contributed by atoms with E-state index in [0.29, 0.717) is 17.2 Å². The third-order valence-corrected chi connectivity index (χ3v) is 4.19. The van der Waals surface area contributed by atoms with E-state index in [0.717, 1.165) is 51.5 Å². The number of H-pyrrole nitrogens is 1. The van der Waals surface area contributed by atoms with Gasteiger partial charge in [-0.15, -0.1) is 0 Å². The molecule has 7 heteroatoms. The minimum absolute atomic E-state index is 0.341. The summed E-state index contributed by atoms with van der Waals surface area (Å²) >= 11 is 0. The molecule has 2 heterocycles. The fourth-order valence-corrected chi connectivity index (χ4v) is 2.86. The molecule has 1 saturated heterocycles. The standard InChI is InChI=1S/C17H22N6O/c18-13-15-16(19)20-21-17(15)23-10-8-22(9-11-23)7-4-12-24-14-5-2-1-3-6-14/h1-3,5-6H,4,7-12H2,(H3,19,20,21). The number of benzene rings is 1. The fraction of sp³-hybridized carbons (Fsp3) is 0.412. The summed E-state index contributed by atoms with van der Waals surface area (Å²) in [5, 5.41) is 16.0. The van der Waals surface area contributed by atoms with Gasteiger partial charge in [0.15, 0.2) is 5.82 Å². The molecule has 1 aromatic heterocycles. The number of aromatic nitrogens is 2. The highest BCUT2D eigenvalue weighted by Crippen LogP contribution is 2.22. The molecule has 0 radical (unpaired) electrons. The van der Waals surface area contributed by atoms with Gasteiger partial charge in [0, 0.05) is 32.7 Å². The van der Waals surface area contributed by atoms with Gasteiger partial charge >= 0.3 is 0 Å². The lowest BCUT2D eigenvalue weighted by molar-refractivity contribution is 0.224. The van der Waals surface area contributed by atoms with Crippen molar-refractivity contribution in [3.05, 3.63) is 35.9 Å². The number of nitriles is 1. The van der Waals surface area contributed by atoms with Crippen LogP contribution in [0, 0.1) is 11.3 Å². The Kier molecular flexibility index (Phi) is 5.18. The highest BCUT2D eigenvalue weighted by Gasteiger charge is 2.22. The van der Waals surface area contributed by atoms with Crippen molar-refractivity contribution in [2.24, 2.45) is 0 Å². The van der Waals surface area contributed by atoms with Crippen molar-refractivity contribution >= 4 is 11.6 Å². The van der Waals surface area contributed by atoms with Crippen LogP contribution in [-0.2, 0) is 0 Å². The van der Waals surface area contributed by atoms with Crippen LogP contribution in [0.5, 0.6) is 5.75 Å². The van der Waals surface area contributed by atoms with Gasteiger partial charge in [-0.1, -0.05) is 18.2 Å². The van der Waals surface area contributed by atoms with Gasteiger partial charge in [0.1, 0.15) is 23.2 Å². The molecule has 0 atom stereocenters. The summed E-state index contributed by atoms with van der Waals surface area (Å²) in [4.78, 5) is 4.52. The number of hydrogen-bond acceptors (Lipinski definition) is 6. The van der Waals surface area contributed by atoms with Crippen LogP contribution in [0.15, 0.2) is 30.3 Å². The minimum atomic E-state index is 0.341. The van der Waals surface area contributed by atoms with E-state index >= 15 is 0 Å². The number of ether oxygens (including phenoxy) is 1. The Labute approximate surface area is 141 Å². The maximum absolute atomic E-state index is 9.17. The van der Waals surface area contributed by atoms with Crippen molar-refractivity contribution in [3.8, 4) is 11.8 Å². The van der Waals surface area contributed by atoms with Crippen LogP contribution in [0.1, 0.15) is 12.0 Å². The van der Waals surface area contributed by atoms with Crippen molar-refractivity contribution in [2.75, 3.05) is 50.0 Å². The summed E-state index contributed by atoms with van der Waals surface area (Å²) in [7, 11) is 0.